The van der Waals surface area contributed by atoms with Crippen molar-refractivity contribution < 1.29 is 4.79 Å². The van der Waals surface area contributed by atoms with Gasteiger partial charge in [0.1, 0.15) is 0 Å². The standard InChI is InChI=1S/C12H13N7OS2/c1-19-12(16-17-18-19)22-6-4-11(20)13-10-7-8(14-15-10)9-3-2-5-21-9/h2-3,5,7H,4,6H2,1H3,(H2,13,14,15,20). The third kappa shape index (κ3) is 3.52. The van der Waals surface area contributed by atoms with Gasteiger partial charge in [-0.2, -0.15) is 5.10 Å². The number of nitrogens with one attached hydrogen (secondary N) is 2. The summed E-state index contributed by atoms with van der Waals surface area (Å²) in [6.45, 7) is 0. The number of thiophene rings is 1. The number of tetrazole rings is 1. The second-order valence-electron chi connectivity index (χ2n) is 4.38. The lowest BCUT2D eigenvalue weighted by atomic mass is 10.3. The van der Waals surface area contributed by atoms with E-state index < -0.39 is 0 Å². The van der Waals surface area contributed by atoms with Crippen LogP contribution in [0, 0.1) is 0 Å². The number of hydrogen-bond acceptors (Lipinski definition) is 7. The molecule has 114 valence electrons. The van der Waals surface area contributed by atoms with Crippen LogP contribution in [-0.4, -0.2) is 42.1 Å². The van der Waals surface area contributed by atoms with Gasteiger partial charge in [-0.15, -0.1) is 16.4 Å². The number of hydrogen-bond donors (Lipinski definition) is 2. The summed E-state index contributed by atoms with van der Waals surface area (Å²) in [5, 5.41) is 23.6. The van der Waals surface area contributed by atoms with Gasteiger partial charge in [-0.05, 0) is 21.9 Å². The Kier molecular flexibility index (Phi) is 4.49. The van der Waals surface area contributed by atoms with Gasteiger partial charge >= 0.3 is 0 Å². The zero-order chi connectivity index (χ0) is 15.4. The van der Waals surface area contributed by atoms with Crippen molar-refractivity contribution >= 4 is 34.8 Å². The molecule has 0 aliphatic rings. The number of thioether (sulfide) groups is 1. The lowest BCUT2D eigenvalue weighted by Crippen LogP contribution is -2.12. The lowest BCUT2D eigenvalue weighted by Gasteiger charge is -2.01. The third-order valence-corrected chi connectivity index (χ3v) is 4.69. The molecule has 0 atom stereocenters. The van der Waals surface area contributed by atoms with Crippen LogP contribution in [0.1, 0.15) is 6.42 Å². The van der Waals surface area contributed by atoms with E-state index in [0.717, 1.165) is 10.6 Å². The molecule has 2 N–H and O–H groups in total. The molecule has 3 aromatic heterocycles. The van der Waals surface area contributed by atoms with E-state index in [1.807, 2.05) is 23.6 Å². The van der Waals surface area contributed by atoms with Crippen molar-refractivity contribution in [3.8, 4) is 10.6 Å². The van der Waals surface area contributed by atoms with Crippen LogP contribution in [-0.2, 0) is 11.8 Å². The summed E-state index contributed by atoms with van der Waals surface area (Å²) < 4.78 is 1.57. The molecule has 0 bridgehead atoms. The van der Waals surface area contributed by atoms with E-state index in [-0.39, 0.29) is 5.91 Å². The molecule has 3 rings (SSSR count). The largest absolute Gasteiger partial charge is 0.309 e. The van der Waals surface area contributed by atoms with Crippen molar-refractivity contribution in [1.82, 2.24) is 30.4 Å². The second kappa shape index (κ2) is 6.71. The summed E-state index contributed by atoms with van der Waals surface area (Å²) in [6, 6.07) is 5.79. The van der Waals surface area contributed by atoms with Crippen LogP contribution in [0.15, 0.2) is 28.7 Å². The first-order valence-electron chi connectivity index (χ1n) is 6.46. The number of nitrogens with zero attached hydrogens (tertiary/aromatic N) is 5. The SMILES string of the molecule is Cn1nnnc1SCCC(=O)Nc1cc(-c2cccs2)[nH]n1. The number of rotatable bonds is 6. The van der Waals surface area contributed by atoms with Crippen molar-refractivity contribution in [1.29, 1.82) is 0 Å². The monoisotopic (exact) mass is 335 g/mol. The fourth-order valence-electron chi connectivity index (χ4n) is 1.73. The van der Waals surface area contributed by atoms with Crippen molar-refractivity contribution in [2.75, 3.05) is 11.1 Å². The van der Waals surface area contributed by atoms with Gasteiger partial charge in [-0.1, -0.05) is 17.8 Å². The Hall–Kier alpha value is -2.20. The highest BCUT2D eigenvalue weighted by atomic mass is 32.2. The molecular weight excluding hydrogens is 322 g/mol. The Balaban J connectivity index is 1.49. The van der Waals surface area contributed by atoms with Crippen LogP contribution in [0.4, 0.5) is 5.82 Å². The first-order valence-corrected chi connectivity index (χ1v) is 8.33. The van der Waals surface area contributed by atoms with Crippen LogP contribution in [0.5, 0.6) is 0 Å². The van der Waals surface area contributed by atoms with Crippen LogP contribution in [0.3, 0.4) is 0 Å². The summed E-state index contributed by atoms with van der Waals surface area (Å²) in [5.74, 6) is 1.04. The summed E-state index contributed by atoms with van der Waals surface area (Å²) in [7, 11) is 1.76. The van der Waals surface area contributed by atoms with E-state index in [2.05, 4.69) is 31.0 Å². The Morgan fingerprint density at radius 2 is 2.45 bits per heavy atom. The molecule has 0 spiro atoms. The van der Waals surface area contributed by atoms with E-state index in [1.54, 1.807) is 23.1 Å². The minimum atomic E-state index is -0.0909. The Bertz CT molecular complexity index is 749. The number of aromatic nitrogens is 6. The second-order valence-corrected chi connectivity index (χ2v) is 6.39. The highest BCUT2D eigenvalue weighted by Gasteiger charge is 2.09. The number of carbonyl (C=O) groups is 1. The zero-order valence-corrected chi connectivity index (χ0v) is 13.3. The van der Waals surface area contributed by atoms with Crippen molar-refractivity contribution in [3.05, 3.63) is 23.6 Å². The predicted molar refractivity (Wildman–Crippen MR) is 84.7 cm³/mol. The summed E-state index contributed by atoms with van der Waals surface area (Å²) in [4.78, 5) is 13.0. The molecule has 22 heavy (non-hydrogen) atoms. The molecule has 3 aromatic rings. The maximum Gasteiger partial charge on any atom is 0.226 e. The summed E-state index contributed by atoms with van der Waals surface area (Å²) in [6.07, 6.45) is 0.360. The quantitative estimate of drug-likeness (QED) is 0.666. The molecule has 0 aromatic carbocycles. The smallest absolute Gasteiger partial charge is 0.226 e. The number of aromatic amines is 1. The van der Waals surface area contributed by atoms with Crippen LogP contribution < -0.4 is 5.32 Å². The average Bonchev–Trinajstić information content (AvgIpc) is 3.21. The first kappa shape index (κ1) is 14.7. The molecule has 10 heteroatoms. The van der Waals surface area contributed by atoms with E-state index >= 15 is 0 Å². The molecule has 0 saturated carbocycles. The molecular formula is C12H13N7OS2. The number of anilines is 1. The number of carbonyl (C=O) groups excluding carboxylic acids is 1. The predicted octanol–water partition coefficient (Wildman–Crippen LogP) is 1.78. The summed E-state index contributed by atoms with van der Waals surface area (Å²) in [5.41, 5.74) is 0.893. The molecule has 8 nitrogen and oxygen atoms in total. The zero-order valence-electron chi connectivity index (χ0n) is 11.7. The van der Waals surface area contributed by atoms with Gasteiger partial charge in [0.2, 0.25) is 11.1 Å². The topological polar surface area (TPSA) is 101 Å². The number of H-pyrrole nitrogens is 1. The molecule has 3 heterocycles. The molecule has 0 fully saturated rings. The third-order valence-electron chi connectivity index (χ3n) is 2.77. The Morgan fingerprint density at radius 1 is 1.55 bits per heavy atom. The maximum absolute atomic E-state index is 11.9. The van der Waals surface area contributed by atoms with Crippen molar-refractivity contribution in [2.24, 2.45) is 7.05 Å². The molecule has 0 radical (unpaired) electrons. The van der Waals surface area contributed by atoms with Crippen LogP contribution in [0.25, 0.3) is 10.6 Å². The van der Waals surface area contributed by atoms with E-state index in [1.165, 1.54) is 11.8 Å². The van der Waals surface area contributed by atoms with Crippen LogP contribution >= 0.6 is 23.1 Å². The van der Waals surface area contributed by atoms with Gasteiger partial charge < -0.3 is 5.32 Å². The molecule has 0 unspecified atom stereocenters. The molecule has 0 saturated heterocycles. The maximum atomic E-state index is 11.9. The van der Waals surface area contributed by atoms with E-state index in [0.29, 0.717) is 23.1 Å². The minimum absolute atomic E-state index is 0.0909. The number of amides is 1. The Morgan fingerprint density at radius 3 is 3.18 bits per heavy atom. The van der Waals surface area contributed by atoms with Crippen molar-refractivity contribution in [2.45, 2.75) is 11.6 Å². The average molecular weight is 335 g/mol. The number of aryl methyl sites for hydroxylation is 1. The Labute approximate surface area is 134 Å². The fourth-order valence-corrected chi connectivity index (χ4v) is 3.21. The molecule has 0 aliphatic heterocycles. The van der Waals surface area contributed by atoms with E-state index in [9.17, 15) is 4.79 Å². The van der Waals surface area contributed by atoms with Gasteiger partial charge in [0.25, 0.3) is 0 Å². The molecule has 0 aliphatic carbocycles. The minimum Gasteiger partial charge on any atom is -0.309 e. The van der Waals surface area contributed by atoms with Crippen LogP contribution in [0.2, 0.25) is 0 Å². The first-order chi connectivity index (χ1) is 10.7. The van der Waals surface area contributed by atoms with Gasteiger partial charge in [0, 0.05) is 25.3 Å². The van der Waals surface area contributed by atoms with Gasteiger partial charge in [-0.25, -0.2) is 4.68 Å². The summed E-state index contributed by atoms with van der Waals surface area (Å²) >= 11 is 3.05. The lowest BCUT2D eigenvalue weighted by molar-refractivity contribution is -0.115. The van der Waals surface area contributed by atoms with E-state index in [4.69, 9.17) is 0 Å². The van der Waals surface area contributed by atoms with Gasteiger partial charge in [0.05, 0.1) is 10.6 Å². The van der Waals surface area contributed by atoms with Gasteiger partial charge in [-0.3, -0.25) is 9.89 Å². The fraction of sp³-hybridized carbons (Fsp3) is 0.250. The normalized spacial score (nSPS) is 10.8. The van der Waals surface area contributed by atoms with Crippen molar-refractivity contribution in [3.63, 3.8) is 0 Å². The molecule has 1 amide bonds. The van der Waals surface area contributed by atoms with Gasteiger partial charge in [0.15, 0.2) is 5.82 Å². The highest BCUT2D eigenvalue weighted by Crippen LogP contribution is 2.24. The highest BCUT2D eigenvalue weighted by molar-refractivity contribution is 7.99.